The summed E-state index contributed by atoms with van der Waals surface area (Å²) in [5.41, 5.74) is 3.99. The van der Waals surface area contributed by atoms with Crippen molar-refractivity contribution in [3.05, 3.63) is 64.2 Å². The van der Waals surface area contributed by atoms with Gasteiger partial charge in [0.2, 0.25) is 5.72 Å². The number of halogens is 1. The largest absolute Gasteiger partial charge is 0.463 e. The second-order valence-corrected chi connectivity index (χ2v) is 7.46. The van der Waals surface area contributed by atoms with Crippen LogP contribution in [0.2, 0.25) is 5.02 Å². The third-order valence-corrected chi connectivity index (χ3v) is 5.54. The van der Waals surface area contributed by atoms with E-state index < -0.39 is 5.72 Å². The van der Waals surface area contributed by atoms with E-state index in [9.17, 15) is 0 Å². The van der Waals surface area contributed by atoms with E-state index in [-0.39, 0.29) is 5.41 Å². The molecular weight excluding hydrogens is 306 g/mol. The molecule has 0 fully saturated rings. The van der Waals surface area contributed by atoms with Gasteiger partial charge in [-0.05, 0) is 68.8 Å². The van der Waals surface area contributed by atoms with Crippen molar-refractivity contribution in [2.24, 2.45) is 0 Å². The normalized spacial score (nSPS) is 23.6. The summed E-state index contributed by atoms with van der Waals surface area (Å²) in [6.45, 7) is 6.53. The number of fused-ring (bicyclic) bond motifs is 2. The van der Waals surface area contributed by atoms with Gasteiger partial charge in [-0.15, -0.1) is 0 Å². The topological polar surface area (TPSA) is 12.5 Å². The molecule has 0 bridgehead atoms. The molecule has 0 aromatic heterocycles. The summed E-state index contributed by atoms with van der Waals surface area (Å²) in [6.07, 6.45) is 4.36. The number of hydrogen-bond acceptors (Lipinski definition) is 2. The maximum absolute atomic E-state index is 6.58. The number of likely N-dealkylation sites (N-methyl/N-ethyl adjacent to an activating group) is 1. The van der Waals surface area contributed by atoms with Crippen molar-refractivity contribution in [3.63, 3.8) is 0 Å². The monoisotopic (exact) mass is 325 g/mol. The van der Waals surface area contributed by atoms with Gasteiger partial charge >= 0.3 is 0 Å². The predicted molar refractivity (Wildman–Crippen MR) is 96.5 cm³/mol. The summed E-state index contributed by atoms with van der Waals surface area (Å²) in [4.78, 5) is 2.22. The zero-order chi connectivity index (χ0) is 16.4. The maximum atomic E-state index is 6.58. The summed E-state index contributed by atoms with van der Waals surface area (Å²) in [5, 5.41) is 0.762. The first-order chi connectivity index (χ1) is 10.8. The molecule has 118 valence electrons. The number of anilines is 1. The molecule has 4 rings (SSSR count). The van der Waals surface area contributed by atoms with Gasteiger partial charge in [0.15, 0.2) is 0 Å². The number of benzene rings is 2. The predicted octanol–water partition coefficient (Wildman–Crippen LogP) is 5.18. The minimum absolute atomic E-state index is 0.221. The molecule has 0 saturated heterocycles. The molecule has 1 unspecified atom stereocenters. The molecule has 2 nitrogen and oxygen atoms in total. The van der Waals surface area contributed by atoms with E-state index in [2.05, 4.69) is 75.2 Å². The highest BCUT2D eigenvalue weighted by Crippen LogP contribution is 2.54. The lowest BCUT2D eigenvalue weighted by molar-refractivity contribution is 0.0581. The first-order valence-electron chi connectivity index (χ1n) is 7.88. The van der Waals surface area contributed by atoms with E-state index in [0.29, 0.717) is 0 Å². The lowest BCUT2D eigenvalue weighted by Gasteiger charge is -2.45. The van der Waals surface area contributed by atoms with Gasteiger partial charge < -0.3 is 9.64 Å². The highest BCUT2D eigenvalue weighted by atomic mass is 35.5. The fraction of sp³-hybridized carbons (Fsp3) is 0.300. The Bertz CT molecular complexity index is 840. The number of aryl methyl sites for hydroxylation is 1. The smallest absolute Gasteiger partial charge is 0.211 e. The first kappa shape index (κ1) is 14.6. The van der Waals surface area contributed by atoms with Crippen LogP contribution in [0.3, 0.4) is 0 Å². The SMILES string of the molecule is Cc1ccc2c(c1)C=CC1(O2)N(C)c2ccc(Cl)cc2C1(C)C. The van der Waals surface area contributed by atoms with E-state index >= 15 is 0 Å². The molecule has 0 saturated carbocycles. The average Bonchev–Trinajstić information content (AvgIpc) is 2.67. The highest BCUT2D eigenvalue weighted by Gasteiger charge is 2.57. The molecule has 0 N–H and O–H groups in total. The Kier molecular flexibility index (Phi) is 2.90. The minimum atomic E-state index is -0.539. The van der Waals surface area contributed by atoms with Crippen molar-refractivity contribution >= 4 is 23.4 Å². The zero-order valence-corrected chi connectivity index (χ0v) is 14.6. The maximum Gasteiger partial charge on any atom is 0.211 e. The van der Waals surface area contributed by atoms with Gasteiger partial charge in [-0.1, -0.05) is 23.2 Å². The molecule has 0 aliphatic carbocycles. The van der Waals surface area contributed by atoms with E-state index in [1.807, 2.05) is 6.07 Å². The molecule has 2 aliphatic heterocycles. The van der Waals surface area contributed by atoms with Gasteiger partial charge in [0.1, 0.15) is 5.75 Å². The van der Waals surface area contributed by atoms with Gasteiger partial charge in [-0.25, -0.2) is 0 Å². The molecule has 0 amide bonds. The van der Waals surface area contributed by atoms with Gasteiger partial charge in [0.05, 0.1) is 5.41 Å². The first-order valence-corrected chi connectivity index (χ1v) is 8.26. The van der Waals surface area contributed by atoms with Crippen molar-refractivity contribution in [1.29, 1.82) is 0 Å². The number of nitrogens with zero attached hydrogens (tertiary/aromatic N) is 1. The molecular formula is C20H20ClNO. The van der Waals surface area contributed by atoms with Crippen molar-refractivity contribution in [3.8, 4) is 5.75 Å². The number of ether oxygens (including phenoxy) is 1. The molecule has 1 spiro atoms. The van der Waals surface area contributed by atoms with Crippen LogP contribution in [0.15, 0.2) is 42.5 Å². The Morgan fingerprint density at radius 3 is 2.65 bits per heavy atom. The Morgan fingerprint density at radius 2 is 1.87 bits per heavy atom. The fourth-order valence-electron chi connectivity index (χ4n) is 3.90. The Morgan fingerprint density at radius 1 is 1.09 bits per heavy atom. The van der Waals surface area contributed by atoms with E-state index in [1.165, 1.54) is 16.8 Å². The number of hydrogen-bond donors (Lipinski definition) is 0. The van der Waals surface area contributed by atoms with Crippen LogP contribution in [-0.4, -0.2) is 12.8 Å². The quantitative estimate of drug-likeness (QED) is 0.662. The molecule has 3 heteroatoms. The molecule has 2 heterocycles. The van der Waals surface area contributed by atoms with Crippen LogP contribution in [0.4, 0.5) is 5.69 Å². The third kappa shape index (κ3) is 1.82. The summed E-state index contributed by atoms with van der Waals surface area (Å²) >= 11 is 6.25. The lowest BCUT2D eigenvalue weighted by Crippen LogP contribution is -2.58. The molecule has 0 radical (unpaired) electrons. The summed E-state index contributed by atoms with van der Waals surface area (Å²) in [6, 6.07) is 12.4. The standard InChI is InChI=1S/C20H20ClNO/c1-13-5-8-18-14(11-13)9-10-20(23-18)19(2,3)16-12-15(21)6-7-17(16)22(20)4/h5-12H,1-4H3. The molecule has 23 heavy (non-hydrogen) atoms. The fourth-order valence-corrected chi connectivity index (χ4v) is 4.08. The van der Waals surface area contributed by atoms with Crippen LogP contribution >= 0.6 is 11.6 Å². The van der Waals surface area contributed by atoms with Crippen LogP contribution in [0.5, 0.6) is 5.75 Å². The summed E-state index contributed by atoms with van der Waals surface area (Å²) < 4.78 is 6.58. The van der Waals surface area contributed by atoms with Gasteiger partial charge in [-0.3, -0.25) is 0 Å². The van der Waals surface area contributed by atoms with Crippen LogP contribution in [0.1, 0.15) is 30.5 Å². The lowest BCUT2D eigenvalue weighted by atomic mass is 9.76. The Hall–Kier alpha value is -1.93. The van der Waals surface area contributed by atoms with Crippen LogP contribution < -0.4 is 9.64 Å². The van der Waals surface area contributed by atoms with E-state index in [4.69, 9.17) is 16.3 Å². The van der Waals surface area contributed by atoms with E-state index in [1.54, 1.807) is 0 Å². The second-order valence-electron chi connectivity index (χ2n) is 7.02. The van der Waals surface area contributed by atoms with Gasteiger partial charge in [-0.2, -0.15) is 0 Å². The Balaban J connectivity index is 1.89. The zero-order valence-electron chi connectivity index (χ0n) is 13.9. The molecule has 2 aromatic carbocycles. The van der Waals surface area contributed by atoms with Crippen LogP contribution in [-0.2, 0) is 5.41 Å². The highest BCUT2D eigenvalue weighted by molar-refractivity contribution is 6.30. The Labute approximate surface area is 142 Å². The average molecular weight is 326 g/mol. The molecule has 2 aromatic rings. The van der Waals surface area contributed by atoms with Crippen molar-refractivity contribution in [1.82, 2.24) is 0 Å². The number of rotatable bonds is 0. The van der Waals surface area contributed by atoms with Crippen molar-refractivity contribution in [2.75, 3.05) is 11.9 Å². The summed E-state index contributed by atoms with van der Waals surface area (Å²) in [5.74, 6) is 0.928. The summed E-state index contributed by atoms with van der Waals surface area (Å²) in [7, 11) is 2.09. The van der Waals surface area contributed by atoms with Crippen molar-refractivity contribution < 1.29 is 4.74 Å². The minimum Gasteiger partial charge on any atom is -0.463 e. The van der Waals surface area contributed by atoms with Gasteiger partial charge in [0.25, 0.3) is 0 Å². The molecule has 1 atom stereocenters. The van der Waals surface area contributed by atoms with Gasteiger partial charge in [0, 0.05) is 23.3 Å². The van der Waals surface area contributed by atoms with Crippen LogP contribution in [0, 0.1) is 6.92 Å². The van der Waals surface area contributed by atoms with Crippen molar-refractivity contribution in [2.45, 2.75) is 31.9 Å². The van der Waals surface area contributed by atoms with E-state index in [0.717, 1.165) is 16.3 Å². The second kappa shape index (κ2) is 4.55. The molecule has 2 aliphatic rings. The van der Waals surface area contributed by atoms with Crippen LogP contribution in [0.25, 0.3) is 6.08 Å². The third-order valence-electron chi connectivity index (χ3n) is 5.31.